The van der Waals surface area contributed by atoms with E-state index in [4.69, 9.17) is 9.47 Å². The number of hydrogen-bond acceptors (Lipinski definition) is 4. The molecule has 1 aliphatic heterocycles. The molecule has 2 aliphatic rings. The number of amides is 2. The number of ether oxygens (including phenoxy) is 2. The number of likely N-dealkylation sites (N-methyl/N-ethyl adjacent to an activating group) is 1. The summed E-state index contributed by atoms with van der Waals surface area (Å²) in [5.41, 5.74) is -0.464. The number of alkyl halides is 3. The van der Waals surface area contributed by atoms with Crippen molar-refractivity contribution in [1.82, 2.24) is 10.2 Å². The van der Waals surface area contributed by atoms with Crippen LogP contribution in [0.15, 0.2) is 36.4 Å². The van der Waals surface area contributed by atoms with Gasteiger partial charge in [-0.2, -0.15) is 13.2 Å². The molecule has 4 rings (SSSR count). The number of carbonyl (C=O) groups is 1. The zero-order chi connectivity index (χ0) is 25.4. The molecule has 10 heteroatoms. The van der Waals surface area contributed by atoms with E-state index < -0.39 is 23.6 Å². The molecule has 35 heavy (non-hydrogen) atoms. The normalized spacial score (nSPS) is 24.5. The third kappa shape index (κ3) is 5.03. The van der Waals surface area contributed by atoms with E-state index in [9.17, 15) is 22.4 Å². The number of urea groups is 1. The fourth-order valence-corrected chi connectivity index (χ4v) is 5.62. The van der Waals surface area contributed by atoms with E-state index in [1.54, 1.807) is 14.2 Å². The molecule has 0 aromatic heterocycles. The number of methoxy groups -OCH3 is 2. The first-order valence-electron chi connectivity index (χ1n) is 11.4. The number of carbonyl (C=O) groups excluding carboxylic acids is 1. The predicted molar refractivity (Wildman–Crippen MR) is 123 cm³/mol. The lowest BCUT2D eigenvalue weighted by Gasteiger charge is -2.42. The lowest BCUT2D eigenvalue weighted by Crippen LogP contribution is -2.48. The van der Waals surface area contributed by atoms with Crippen LogP contribution < -0.4 is 20.1 Å². The summed E-state index contributed by atoms with van der Waals surface area (Å²) in [6, 6.07) is 7.67. The van der Waals surface area contributed by atoms with Crippen LogP contribution in [0.1, 0.15) is 30.4 Å². The van der Waals surface area contributed by atoms with Crippen molar-refractivity contribution in [3.63, 3.8) is 0 Å². The van der Waals surface area contributed by atoms with Gasteiger partial charge in [0.2, 0.25) is 0 Å². The molecule has 1 saturated heterocycles. The van der Waals surface area contributed by atoms with Crippen LogP contribution in [0, 0.1) is 11.7 Å². The minimum absolute atomic E-state index is 0.0957. The molecule has 6 nitrogen and oxygen atoms in total. The van der Waals surface area contributed by atoms with Gasteiger partial charge < -0.3 is 25.0 Å². The summed E-state index contributed by atoms with van der Waals surface area (Å²) < 4.78 is 63.3. The second-order valence-corrected chi connectivity index (χ2v) is 9.38. The van der Waals surface area contributed by atoms with E-state index in [2.05, 4.69) is 28.6 Å². The molecule has 1 aliphatic carbocycles. The standard InChI is InChI=1S/C25H29F4N3O3/c1-32-13-16-10-18(31-23(33)30-17-5-6-20(26)19(12-17)25(27,28)29)8-9-24(16,14-32)15-4-7-21(34-2)22(11-15)35-3/h4-7,11-12,16,18H,8-10,13-14H2,1-3H3,(H2,30,31,33). The Bertz CT molecular complexity index is 1090. The first-order chi connectivity index (χ1) is 16.6. The van der Waals surface area contributed by atoms with Crippen LogP contribution in [0.2, 0.25) is 0 Å². The molecule has 2 aromatic rings. The summed E-state index contributed by atoms with van der Waals surface area (Å²) in [7, 11) is 5.28. The molecule has 2 N–H and O–H groups in total. The van der Waals surface area contributed by atoms with Crippen molar-refractivity contribution < 1.29 is 31.8 Å². The highest BCUT2D eigenvalue weighted by Gasteiger charge is 2.50. The summed E-state index contributed by atoms with van der Waals surface area (Å²) >= 11 is 0. The van der Waals surface area contributed by atoms with Crippen molar-refractivity contribution >= 4 is 11.7 Å². The quantitative estimate of drug-likeness (QED) is 0.571. The Morgan fingerprint density at radius 3 is 2.54 bits per heavy atom. The van der Waals surface area contributed by atoms with Crippen molar-refractivity contribution in [3.8, 4) is 11.5 Å². The van der Waals surface area contributed by atoms with Gasteiger partial charge in [0.25, 0.3) is 0 Å². The molecule has 1 saturated carbocycles. The molecular formula is C25H29F4N3O3. The maximum absolute atomic E-state index is 13.5. The highest BCUT2D eigenvalue weighted by Crippen LogP contribution is 2.49. The Labute approximate surface area is 201 Å². The lowest BCUT2D eigenvalue weighted by molar-refractivity contribution is -0.139. The van der Waals surface area contributed by atoms with E-state index in [1.165, 1.54) is 5.56 Å². The third-order valence-corrected chi connectivity index (χ3v) is 7.20. The molecule has 1 heterocycles. The number of benzene rings is 2. The number of fused-ring (bicyclic) bond motifs is 1. The zero-order valence-corrected chi connectivity index (χ0v) is 19.8. The summed E-state index contributed by atoms with van der Waals surface area (Å²) in [6.45, 7) is 1.74. The number of halogens is 4. The average molecular weight is 496 g/mol. The Balaban J connectivity index is 1.46. The fourth-order valence-electron chi connectivity index (χ4n) is 5.62. The average Bonchev–Trinajstić information content (AvgIpc) is 3.15. The molecule has 2 aromatic carbocycles. The van der Waals surface area contributed by atoms with Gasteiger partial charge in [-0.05, 0) is 68.1 Å². The maximum atomic E-state index is 13.5. The largest absolute Gasteiger partial charge is 0.493 e. The molecule has 2 fully saturated rings. The van der Waals surface area contributed by atoms with E-state index in [0.717, 1.165) is 32.0 Å². The van der Waals surface area contributed by atoms with Gasteiger partial charge in [-0.15, -0.1) is 0 Å². The summed E-state index contributed by atoms with van der Waals surface area (Å²) in [4.78, 5) is 14.8. The van der Waals surface area contributed by atoms with Crippen LogP contribution in [0.4, 0.5) is 28.0 Å². The van der Waals surface area contributed by atoms with Crippen LogP contribution in [-0.2, 0) is 11.6 Å². The van der Waals surface area contributed by atoms with Gasteiger partial charge >= 0.3 is 12.2 Å². The van der Waals surface area contributed by atoms with Gasteiger partial charge in [0.1, 0.15) is 5.82 Å². The van der Waals surface area contributed by atoms with Gasteiger partial charge in [0.15, 0.2) is 11.5 Å². The first-order valence-corrected chi connectivity index (χ1v) is 11.4. The Morgan fingerprint density at radius 2 is 1.86 bits per heavy atom. The monoisotopic (exact) mass is 495 g/mol. The number of nitrogens with zero attached hydrogens (tertiary/aromatic N) is 1. The highest BCUT2D eigenvalue weighted by molar-refractivity contribution is 5.89. The van der Waals surface area contributed by atoms with Gasteiger partial charge in [0.05, 0.1) is 19.8 Å². The maximum Gasteiger partial charge on any atom is 0.419 e. The second kappa shape index (κ2) is 9.56. The predicted octanol–water partition coefficient (Wildman–Crippen LogP) is 5.04. The van der Waals surface area contributed by atoms with E-state index in [1.807, 2.05) is 12.1 Å². The Hall–Kier alpha value is -3.01. The second-order valence-electron chi connectivity index (χ2n) is 9.38. The summed E-state index contributed by atoms with van der Waals surface area (Å²) in [5.74, 6) is 0.224. The summed E-state index contributed by atoms with van der Waals surface area (Å²) in [6.07, 6.45) is -2.58. The highest BCUT2D eigenvalue weighted by atomic mass is 19.4. The topological polar surface area (TPSA) is 62.8 Å². The van der Waals surface area contributed by atoms with Crippen LogP contribution in [0.25, 0.3) is 0 Å². The number of anilines is 1. The van der Waals surface area contributed by atoms with Crippen LogP contribution in [0.5, 0.6) is 11.5 Å². The van der Waals surface area contributed by atoms with Crippen molar-refractivity contribution in [2.75, 3.05) is 39.7 Å². The SMILES string of the molecule is COc1ccc(C23CCC(NC(=O)Nc4ccc(F)c(C(F)(F)F)c4)CC2CN(C)C3)cc1OC. The van der Waals surface area contributed by atoms with Crippen molar-refractivity contribution in [2.24, 2.45) is 5.92 Å². The zero-order valence-electron chi connectivity index (χ0n) is 19.8. The minimum atomic E-state index is -4.84. The molecular weight excluding hydrogens is 466 g/mol. The smallest absolute Gasteiger partial charge is 0.419 e. The Morgan fingerprint density at radius 1 is 1.11 bits per heavy atom. The number of nitrogens with one attached hydrogen (secondary N) is 2. The number of rotatable bonds is 5. The van der Waals surface area contributed by atoms with Crippen LogP contribution in [-0.4, -0.2) is 51.3 Å². The van der Waals surface area contributed by atoms with Crippen molar-refractivity contribution in [3.05, 3.63) is 53.3 Å². The van der Waals surface area contributed by atoms with Crippen LogP contribution >= 0.6 is 0 Å². The Kier molecular flexibility index (Phi) is 6.86. The molecule has 190 valence electrons. The van der Waals surface area contributed by atoms with Gasteiger partial charge in [-0.3, -0.25) is 0 Å². The number of likely N-dealkylation sites (tertiary alicyclic amines) is 1. The van der Waals surface area contributed by atoms with Crippen molar-refractivity contribution in [2.45, 2.75) is 36.9 Å². The van der Waals surface area contributed by atoms with Gasteiger partial charge in [-0.1, -0.05) is 6.07 Å². The molecule has 0 spiro atoms. The van der Waals surface area contributed by atoms with Crippen LogP contribution in [0.3, 0.4) is 0 Å². The summed E-state index contributed by atoms with van der Waals surface area (Å²) in [5, 5.41) is 5.30. The van der Waals surface area contributed by atoms with E-state index in [0.29, 0.717) is 30.1 Å². The molecule has 2 amide bonds. The first kappa shape index (κ1) is 25.1. The van der Waals surface area contributed by atoms with Crippen molar-refractivity contribution in [1.29, 1.82) is 0 Å². The van der Waals surface area contributed by atoms with E-state index >= 15 is 0 Å². The molecule has 0 bridgehead atoms. The van der Waals surface area contributed by atoms with E-state index in [-0.39, 0.29) is 23.1 Å². The molecule has 3 unspecified atom stereocenters. The fraction of sp³-hybridized carbons (Fsp3) is 0.480. The third-order valence-electron chi connectivity index (χ3n) is 7.20. The van der Waals surface area contributed by atoms with Gasteiger partial charge in [0, 0.05) is 30.2 Å². The van der Waals surface area contributed by atoms with Gasteiger partial charge in [-0.25, -0.2) is 9.18 Å². The molecule has 0 radical (unpaired) electrons. The lowest BCUT2D eigenvalue weighted by atomic mass is 9.63. The molecule has 3 atom stereocenters. The minimum Gasteiger partial charge on any atom is -0.493 e. The number of hydrogen-bond donors (Lipinski definition) is 2.